The van der Waals surface area contributed by atoms with Crippen LogP contribution in [0.25, 0.3) is 0 Å². The van der Waals surface area contributed by atoms with Gasteiger partial charge in [-0.3, -0.25) is 0 Å². The summed E-state index contributed by atoms with van der Waals surface area (Å²) in [6.07, 6.45) is -4.52. The van der Waals surface area contributed by atoms with Gasteiger partial charge in [0.05, 0.1) is 17.3 Å². The number of anilines is 1. The largest absolute Gasteiger partial charge is 0.418 e. The van der Waals surface area contributed by atoms with Crippen molar-refractivity contribution in [2.75, 3.05) is 5.32 Å². The van der Waals surface area contributed by atoms with E-state index in [1.54, 1.807) is 0 Å². The summed E-state index contributed by atoms with van der Waals surface area (Å²) in [4.78, 5) is 13.1. The predicted octanol–water partition coefficient (Wildman–Crippen LogP) is 5.29. The molecule has 0 aliphatic carbocycles. The summed E-state index contributed by atoms with van der Waals surface area (Å²) in [7, 11) is 0. The third-order valence-electron chi connectivity index (χ3n) is 3.28. The van der Waals surface area contributed by atoms with E-state index in [-0.39, 0.29) is 17.6 Å². The molecule has 0 saturated heterocycles. The highest BCUT2D eigenvalue weighted by Gasteiger charge is 2.33. The number of urea groups is 1. The van der Waals surface area contributed by atoms with E-state index in [1.165, 1.54) is 29.5 Å². The Morgan fingerprint density at radius 1 is 1.13 bits per heavy atom. The van der Waals surface area contributed by atoms with Gasteiger partial charge in [0.15, 0.2) is 0 Å². The Hall–Kier alpha value is -2.02. The quantitative estimate of drug-likeness (QED) is 0.779. The van der Waals surface area contributed by atoms with Crippen LogP contribution in [0, 0.1) is 5.92 Å². The first-order valence-electron chi connectivity index (χ1n) is 7.06. The molecule has 2 N–H and O–H groups in total. The second kappa shape index (κ2) is 7.04. The SMILES string of the molecule is CC(C)C(NC(=O)Nc1ccccc1C(F)(F)F)c1cccs1. The zero-order valence-corrected chi connectivity index (χ0v) is 13.5. The van der Waals surface area contributed by atoms with Gasteiger partial charge in [0.1, 0.15) is 0 Å². The average Bonchev–Trinajstić information content (AvgIpc) is 2.97. The molecule has 124 valence electrons. The highest BCUT2D eigenvalue weighted by molar-refractivity contribution is 7.10. The third-order valence-corrected chi connectivity index (χ3v) is 4.24. The molecule has 0 aliphatic heterocycles. The van der Waals surface area contributed by atoms with Crippen molar-refractivity contribution in [3.63, 3.8) is 0 Å². The summed E-state index contributed by atoms with van der Waals surface area (Å²) in [6.45, 7) is 3.88. The summed E-state index contributed by atoms with van der Waals surface area (Å²) in [5, 5.41) is 6.93. The first-order valence-corrected chi connectivity index (χ1v) is 7.94. The molecular formula is C16H17F3N2OS. The number of amides is 2. The predicted molar refractivity (Wildman–Crippen MR) is 85.5 cm³/mol. The Morgan fingerprint density at radius 2 is 1.83 bits per heavy atom. The molecule has 1 aromatic heterocycles. The van der Waals surface area contributed by atoms with Crippen molar-refractivity contribution >= 4 is 23.1 Å². The van der Waals surface area contributed by atoms with Crippen LogP contribution in [0.4, 0.5) is 23.7 Å². The number of hydrogen-bond donors (Lipinski definition) is 2. The van der Waals surface area contributed by atoms with Gasteiger partial charge < -0.3 is 10.6 Å². The van der Waals surface area contributed by atoms with Crippen LogP contribution in [-0.4, -0.2) is 6.03 Å². The lowest BCUT2D eigenvalue weighted by molar-refractivity contribution is -0.136. The summed E-state index contributed by atoms with van der Waals surface area (Å²) < 4.78 is 38.8. The number of benzene rings is 1. The van der Waals surface area contributed by atoms with Crippen molar-refractivity contribution in [2.24, 2.45) is 5.92 Å². The Balaban J connectivity index is 2.14. The van der Waals surface area contributed by atoms with Crippen molar-refractivity contribution in [3.8, 4) is 0 Å². The van der Waals surface area contributed by atoms with Crippen LogP contribution in [-0.2, 0) is 6.18 Å². The number of para-hydroxylation sites is 1. The zero-order chi connectivity index (χ0) is 17.0. The van der Waals surface area contributed by atoms with Gasteiger partial charge >= 0.3 is 12.2 Å². The van der Waals surface area contributed by atoms with Crippen molar-refractivity contribution < 1.29 is 18.0 Å². The molecule has 0 radical (unpaired) electrons. The van der Waals surface area contributed by atoms with Gasteiger partial charge in [-0.25, -0.2) is 4.79 Å². The van der Waals surface area contributed by atoms with Gasteiger partial charge in [0, 0.05) is 4.88 Å². The number of thiophene rings is 1. The Bertz CT molecular complexity index is 654. The molecule has 0 fully saturated rings. The van der Waals surface area contributed by atoms with E-state index >= 15 is 0 Å². The van der Waals surface area contributed by atoms with E-state index < -0.39 is 17.8 Å². The van der Waals surface area contributed by atoms with E-state index in [4.69, 9.17) is 0 Å². The number of carbonyl (C=O) groups is 1. The Morgan fingerprint density at radius 3 is 2.39 bits per heavy atom. The topological polar surface area (TPSA) is 41.1 Å². The van der Waals surface area contributed by atoms with Crippen molar-refractivity contribution in [1.82, 2.24) is 5.32 Å². The number of rotatable bonds is 4. The molecule has 2 amide bonds. The molecule has 3 nitrogen and oxygen atoms in total. The standard InChI is InChI=1S/C16H17F3N2OS/c1-10(2)14(13-8-5-9-23-13)21-15(22)20-12-7-4-3-6-11(12)16(17,18)19/h3-10,14H,1-2H3,(H2,20,21,22). The number of carbonyl (C=O) groups excluding carboxylic acids is 1. The highest BCUT2D eigenvalue weighted by atomic mass is 32.1. The van der Waals surface area contributed by atoms with E-state index in [0.717, 1.165) is 10.9 Å². The second-order valence-electron chi connectivity index (χ2n) is 5.38. The van der Waals surface area contributed by atoms with Crippen molar-refractivity contribution in [2.45, 2.75) is 26.1 Å². The van der Waals surface area contributed by atoms with Crippen LogP contribution in [0.15, 0.2) is 41.8 Å². The molecule has 2 aromatic rings. The fourth-order valence-corrected chi connectivity index (χ4v) is 3.12. The van der Waals surface area contributed by atoms with Crippen LogP contribution in [0.2, 0.25) is 0 Å². The van der Waals surface area contributed by atoms with Crippen molar-refractivity contribution in [1.29, 1.82) is 0 Å². The summed E-state index contributed by atoms with van der Waals surface area (Å²) in [5.74, 6) is 0.109. The van der Waals surface area contributed by atoms with Gasteiger partial charge in [0.25, 0.3) is 0 Å². The molecule has 1 unspecified atom stereocenters. The fraction of sp³-hybridized carbons (Fsp3) is 0.312. The minimum atomic E-state index is -4.52. The molecule has 0 bridgehead atoms. The molecule has 1 atom stereocenters. The number of halogens is 3. The average molecular weight is 342 g/mol. The molecule has 2 rings (SSSR count). The summed E-state index contributed by atoms with van der Waals surface area (Å²) >= 11 is 1.49. The highest BCUT2D eigenvalue weighted by Crippen LogP contribution is 2.34. The lowest BCUT2D eigenvalue weighted by Crippen LogP contribution is -2.35. The van der Waals surface area contributed by atoms with Crippen LogP contribution in [0.1, 0.15) is 30.3 Å². The molecule has 0 spiro atoms. The Kier molecular flexibility index (Phi) is 5.30. The minimum absolute atomic E-state index is 0.109. The lowest BCUT2D eigenvalue weighted by Gasteiger charge is -2.22. The first-order chi connectivity index (χ1) is 10.8. The molecule has 0 saturated carbocycles. The van der Waals surface area contributed by atoms with Gasteiger partial charge in [-0.15, -0.1) is 11.3 Å². The monoisotopic (exact) mass is 342 g/mol. The van der Waals surface area contributed by atoms with Gasteiger partial charge in [-0.1, -0.05) is 32.0 Å². The van der Waals surface area contributed by atoms with E-state index in [1.807, 2.05) is 31.4 Å². The molecule has 1 heterocycles. The molecular weight excluding hydrogens is 325 g/mol. The van der Waals surface area contributed by atoms with Crippen LogP contribution >= 0.6 is 11.3 Å². The molecule has 1 aromatic carbocycles. The van der Waals surface area contributed by atoms with E-state index in [0.29, 0.717) is 0 Å². The van der Waals surface area contributed by atoms with Gasteiger partial charge in [-0.2, -0.15) is 13.2 Å². The van der Waals surface area contributed by atoms with Crippen LogP contribution in [0.5, 0.6) is 0 Å². The second-order valence-corrected chi connectivity index (χ2v) is 6.36. The maximum Gasteiger partial charge on any atom is 0.418 e. The van der Waals surface area contributed by atoms with E-state index in [9.17, 15) is 18.0 Å². The fourth-order valence-electron chi connectivity index (χ4n) is 2.17. The van der Waals surface area contributed by atoms with Gasteiger partial charge in [-0.05, 0) is 29.5 Å². The molecule has 7 heteroatoms. The Labute approximate surface area is 136 Å². The minimum Gasteiger partial charge on any atom is -0.330 e. The summed E-state index contributed by atoms with van der Waals surface area (Å²) in [6, 6.07) is 7.75. The zero-order valence-electron chi connectivity index (χ0n) is 12.6. The smallest absolute Gasteiger partial charge is 0.330 e. The van der Waals surface area contributed by atoms with Crippen LogP contribution in [0.3, 0.4) is 0 Å². The maximum atomic E-state index is 12.9. The normalized spacial score (nSPS) is 13.0. The van der Waals surface area contributed by atoms with Crippen LogP contribution < -0.4 is 10.6 Å². The number of alkyl halides is 3. The maximum absolute atomic E-state index is 12.9. The lowest BCUT2D eigenvalue weighted by atomic mass is 10.0. The van der Waals surface area contributed by atoms with E-state index in [2.05, 4.69) is 10.6 Å². The third kappa shape index (κ3) is 4.48. The number of nitrogens with one attached hydrogen (secondary N) is 2. The first kappa shape index (κ1) is 17.3. The molecule has 23 heavy (non-hydrogen) atoms. The van der Waals surface area contributed by atoms with Crippen molar-refractivity contribution in [3.05, 3.63) is 52.2 Å². The summed E-state index contributed by atoms with van der Waals surface area (Å²) in [5.41, 5.74) is -1.13. The van der Waals surface area contributed by atoms with Gasteiger partial charge in [0.2, 0.25) is 0 Å². The molecule has 0 aliphatic rings. The number of hydrogen-bond acceptors (Lipinski definition) is 2.